The average molecular weight is 222 g/mol. The maximum Gasteiger partial charge on any atom is 0.271 e. The molecule has 0 saturated carbocycles. The molecule has 1 aromatic heterocycles. The number of nitrogens with zero attached hydrogens (tertiary/aromatic N) is 2. The van der Waals surface area contributed by atoms with Gasteiger partial charge in [-0.2, -0.15) is 5.10 Å². The van der Waals surface area contributed by atoms with Crippen molar-refractivity contribution in [2.24, 2.45) is 5.92 Å². The zero-order valence-electron chi connectivity index (χ0n) is 9.57. The molecule has 1 aliphatic rings. The standard InChI is InChI=1S/C11H18N4O/c1-15(8-9-2-5-12-6-3-9)11(16)10-4-7-13-14-10/h4,7,9,12H,2-3,5-6,8H2,1H3,(H,13,14). The van der Waals surface area contributed by atoms with Gasteiger partial charge in [-0.05, 0) is 37.9 Å². The van der Waals surface area contributed by atoms with Gasteiger partial charge in [0.05, 0.1) is 0 Å². The highest BCUT2D eigenvalue weighted by atomic mass is 16.2. The minimum absolute atomic E-state index is 0.0241. The van der Waals surface area contributed by atoms with Crippen molar-refractivity contribution < 1.29 is 4.79 Å². The van der Waals surface area contributed by atoms with Gasteiger partial charge in [0.15, 0.2) is 0 Å². The topological polar surface area (TPSA) is 61.0 Å². The molecule has 0 spiro atoms. The Labute approximate surface area is 95.2 Å². The second kappa shape index (κ2) is 5.12. The minimum Gasteiger partial charge on any atom is -0.340 e. The SMILES string of the molecule is CN(CC1CCNCC1)C(=O)c1ccn[nH]1. The van der Waals surface area contributed by atoms with Crippen LogP contribution in [0.5, 0.6) is 0 Å². The van der Waals surface area contributed by atoms with Crippen molar-refractivity contribution in [3.63, 3.8) is 0 Å². The molecular weight excluding hydrogens is 204 g/mol. The van der Waals surface area contributed by atoms with E-state index in [-0.39, 0.29) is 5.91 Å². The fourth-order valence-corrected chi connectivity index (χ4v) is 2.12. The summed E-state index contributed by atoms with van der Waals surface area (Å²) in [7, 11) is 1.85. The van der Waals surface area contributed by atoms with E-state index in [9.17, 15) is 4.79 Å². The lowest BCUT2D eigenvalue weighted by atomic mass is 9.97. The van der Waals surface area contributed by atoms with Crippen molar-refractivity contribution in [3.8, 4) is 0 Å². The van der Waals surface area contributed by atoms with Crippen LogP contribution in [0, 0.1) is 5.92 Å². The highest BCUT2D eigenvalue weighted by Crippen LogP contribution is 2.13. The summed E-state index contributed by atoms with van der Waals surface area (Å²) in [6.07, 6.45) is 3.91. The van der Waals surface area contributed by atoms with Crippen molar-refractivity contribution in [2.45, 2.75) is 12.8 Å². The van der Waals surface area contributed by atoms with Crippen LogP contribution in [-0.2, 0) is 0 Å². The molecule has 2 rings (SSSR count). The molecular formula is C11H18N4O. The molecule has 0 bridgehead atoms. The van der Waals surface area contributed by atoms with Gasteiger partial charge >= 0.3 is 0 Å². The van der Waals surface area contributed by atoms with Gasteiger partial charge < -0.3 is 10.2 Å². The highest BCUT2D eigenvalue weighted by molar-refractivity contribution is 5.91. The summed E-state index contributed by atoms with van der Waals surface area (Å²) in [5.74, 6) is 0.647. The number of hydrogen-bond acceptors (Lipinski definition) is 3. The fraction of sp³-hybridized carbons (Fsp3) is 0.636. The van der Waals surface area contributed by atoms with E-state index in [1.54, 1.807) is 17.2 Å². The lowest BCUT2D eigenvalue weighted by Crippen LogP contribution is -2.37. The Bertz CT molecular complexity index is 330. The number of aromatic amines is 1. The lowest BCUT2D eigenvalue weighted by molar-refractivity contribution is 0.0757. The summed E-state index contributed by atoms with van der Waals surface area (Å²) in [5, 5.41) is 9.82. The zero-order chi connectivity index (χ0) is 11.4. The van der Waals surface area contributed by atoms with Gasteiger partial charge in [0.2, 0.25) is 0 Å². The number of hydrogen-bond donors (Lipinski definition) is 2. The first-order chi connectivity index (χ1) is 7.77. The van der Waals surface area contributed by atoms with Crippen molar-refractivity contribution in [3.05, 3.63) is 18.0 Å². The van der Waals surface area contributed by atoms with Crippen LogP contribution in [0.1, 0.15) is 23.3 Å². The molecule has 1 amide bonds. The van der Waals surface area contributed by atoms with E-state index >= 15 is 0 Å². The maximum atomic E-state index is 11.9. The summed E-state index contributed by atoms with van der Waals surface area (Å²) in [6.45, 7) is 2.97. The van der Waals surface area contributed by atoms with Crippen molar-refractivity contribution >= 4 is 5.91 Å². The second-order valence-electron chi connectivity index (χ2n) is 4.35. The van der Waals surface area contributed by atoms with Gasteiger partial charge in [-0.25, -0.2) is 0 Å². The predicted octanol–water partition coefficient (Wildman–Crippen LogP) is 0.481. The molecule has 1 saturated heterocycles. The van der Waals surface area contributed by atoms with Crippen LogP contribution < -0.4 is 5.32 Å². The Morgan fingerprint density at radius 1 is 1.56 bits per heavy atom. The van der Waals surface area contributed by atoms with Gasteiger partial charge in [0.25, 0.3) is 5.91 Å². The van der Waals surface area contributed by atoms with Crippen LogP contribution in [-0.4, -0.2) is 47.7 Å². The second-order valence-corrected chi connectivity index (χ2v) is 4.35. The number of carbonyl (C=O) groups is 1. The summed E-state index contributed by atoms with van der Waals surface area (Å²) in [5.41, 5.74) is 0.566. The Kier molecular flexibility index (Phi) is 3.56. The summed E-state index contributed by atoms with van der Waals surface area (Å²) < 4.78 is 0. The van der Waals surface area contributed by atoms with E-state index in [1.165, 1.54) is 0 Å². The van der Waals surface area contributed by atoms with Crippen LogP contribution >= 0.6 is 0 Å². The fourth-order valence-electron chi connectivity index (χ4n) is 2.12. The molecule has 1 fully saturated rings. The van der Waals surface area contributed by atoms with E-state index < -0.39 is 0 Å². The van der Waals surface area contributed by atoms with Crippen molar-refractivity contribution in [1.29, 1.82) is 0 Å². The van der Waals surface area contributed by atoms with E-state index in [2.05, 4.69) is 15.5 Å². The molecule has 2 heterocycles. The van der Waals surface area contributed by atoms with Gasteiger partial charge in [-0.15, -0.1) is 0 Å². The molecule has 5 heteroatoms. The minimum atomic E-state index is 0.0241. The Morgan fingerprint density at radius 2 is 2.31 bits per heavy atom. The highest BCUT2D eigenvalue weighted by Gasteiger charge is 2.19. The van der Waals surface area contributed by atoms with E-state index in [0.717, 1.165) is 32.5 Å². The summed E-state index contributed by atoms with van der Waals surface area (Å²) >= 11 is 0. The van der Waals surface area contributed by atoms with E-state index in [1.807, 2.05) is 7.05 Å². The summed E-state index contributed by atoms with van der Waals surface area (Å²) in [6, 6.07) is 1.71. The molecule has 0 aromatic carbocycles. The lowest BCUT2D eigenvalue weighted by Gasteiger charge is -2.27. The van der Waals surface area contributed by atoms with Crippen LogP contribution in [0.25, 0.3) is 0 Å². The van der Waals surface area contributed by atoms with Crippen molar-refractivity contribution in [2.75, 3.05) is 26.7 Å². The van der Waals surface area contributed by atoms with Gasteiger partial charge in [0.1, 0.15) is 5.69 Å². The number of piperidine rings is 1. The number of H-pyrrole nitrogens is 1. The monoisotopic (exact) mass is 222 g/mol. The molecule has 88 valence electrons. The molecule has 1 aliphatic heterocycles. The first-order valence-corrected chi connectivity index (χ1v) is 5.73. The van der Waals surface area contributed by atoms with Crippen LogP contribution in [0.3, 0.4) is 0 Å². The number of amides is 1. The van der Waals surface area contributed by atoms with Gasteiger partial charge in [-0.3, -0.25) is 9.89 Å². The average Bonchev–Trinajstić information content (AvgIpc) is 2.83. The van der Waals surface area contributed by atoms with Crippen LogP contribution in [0.4, 0.5) is 0 Å². The largest absolute Gasteiger partial charge is 0.340 e. The molecule has 0 radical (unpaired) electrons. The van der Waals surface area contributed by atoms with Gasteiger partial charge in [-0.1, -0.05) is 0 Å². The molecule has 5 nitrogen and oxygen atoms in total. The molecule has 0 aliphatic carbocycles. The third kappa shape index (κ3) is 2.61. The molecule has 0 atom stereocenters. The first kappa shape index (κ1) is 11.1. The summed E-state index contributed by atoms with van der Waals surface area (Å²) in [4.78, 5) is 13.7. The molecule has 0 unspecified atom stereocenters. The van der Waals surface area contributed by atoms with E-state index in [0.29, 0.717) is 11.6 Å². The first-order valence-electron chi connectivity index (χ1n) is 5.73. The third-order valence-corrected chi connectivity index (χ3v) is 3.07. The molecule has 1 aromatic rings. The Hall–Kier alpha value is -1.36. The quantitative estimate of drug-likeness (QED) is 0.782. The smallest absolute Gasteiger partial charge is 0.271 e. The number of rotatable bonds is 3. The number of nitrogens with one attached hydrogen (secondary N) is 2. The Balaban J connectivity index is 1.87. The van der Waals surface area contributed by atoms with Gasteiger partial charge in [0, 0.05) is 19.8 Å². The van der Waals surface area contributed by atoms with E-state index in [4.69, 9.17) is 0 Å². The van der Waals surface area contributed by atoms with Crippen molar-refractivity contribution in [1.82, 2.24) is 20.4 Å². The Morgan fingerprint density at radius 3 is 2.94 bits per heavy atom. The predicted molar refractivity (Wildman–Crippen MR) is 61.1 cm³/mol. The molecule has 16 heavy (non-hydrogen) atoms. The third-order valence-electron chi connectivity index (χ3n) is 3.07. The zero-order valence-corrected chi connectivity index (χ0v) is 9.57. The maximum absolute atomic E-state index is 11.9. The number of aromatic nitrogens is 2. The normalized spacial score (nSPS) is 17.3. The van der Waals surface area contributed by atoms with Crippen LogP contribution in [0.15, 0.2) is 12.3 Å². The number of carbonyl (C=O) groups excluding carboxylic acids is 1. The molecule has 2 N–H and O–H groups in total. The van der Waals surface area contributed by atoms with Crippen LogP contribution in [0.2, 0.25) is 0 Å².